The van der Waals surface area contributed by atoms with Crippen LogP contribution >= 0.6 is 23.2 Å². The van der Waals surface area contributed by atoms with E-state index in [1.54, 1.807) is 18.2 Å². The molecule has 0 spiro atoms. The molecule has 17 heavy (non-hydrogen) atoms. The number of halogens is 3. The first-order valence-electron chi connectivity index (χ1n) is 4.68. The molecule has 1 aromatic carbocycles. The molecule has 0 N–H and O–H groups in total. The van der Waals surface area contributed by atoms with Gasteiger partial charge in [-0.3, -0.25) is 4.79 Å². The van der Waals surface area contributed by atoms with E-state index in [1.807, 2.05) is 0 Å². The number of hydrogen-bond donors (Lipinski definition) is 0. The van der Waals surface area contributed by atoms with E-state index in [4.69, 9.17) is 23.2 Å². The average Bonchev–Trinajstić information content (AvgIpc) is 2.33. The normalized spacial score (nSPS) is 10.3. The number of aromatic nitrogens is 1. The lowest BCUT2D eigenvalue weighted by atomic mass is 10.1. The SMILES string of the molecule is O=Cc1cc(-c2ccc(Cl)c(Cl)c2)cnc1F. The van der Waals surface area contributed by atoms with Crippen LogP contribution in [0.4, 0.5) is 4.39 Å². The lowest BCUT2D eigenvalue weighted by Gasteiger charge is -2.04. The quantitative estimate of drug-likeness (QED) is 0.609. The molecule has 5 heteroatoms. The average molecular weight is 270 g/mol. The van der Waals surface area contributed by atoms with Crippen molar-refractivity contribution in [2.75, 3.05) is 0 Å². The number of pyridine rings is 1. The van der Waals surface area contributed by atoms with Gasteiger partial charge in [0, 0.05) is 11.8 Å². The van der Waals surface area contributed by atoms with Crippen molar-refractivity contribution in [3.8, 4) is 11.1 Å². The summed E-state index contributed by atoms with van der Waals surface area (Å²) in [4.78, 5) is 14.1. The Bertz CT molecular complexity index is 587. The smallest absolute Gasteiger partial charge is 0.223 e. The van der Waals surface area contributed by atoms with E-state index in [0.29, 0.717) is 21.9 Å². The second kappa shape index (κ2) is 4.82. The van der Waals surface area contributed by atoms with Crippen molar-refractivity contribution in [2.45, 2.75) is 0 Å². The van der Waals surface area contributed by atoms with Crippen molar-refractivity contribution in [3.05, 3.63) is 52.0 Å². The van der Waals surface area contributed by atoms with Gasteiger partial charge >= 0.3 is 0 Å². The Balaban J connectivity index is 2.52. The number of rotatable bonds is 2. The van der Waals surface area contributed by atoms with Crippen molar-refractivity contribution in [2.24, 2.45) is 0 Å². The Morgan fingerprint density at radius 1 is 1.12 bits per heavy atom. The highest BCUT2D eigenvalue weighted by Gasteiger charge is 2.07. The number of aldehydes is 1. The largest absolute Gasteiger partial charge is 0.298 e. The highest BCUT2D eigenvalue weighted by Crippen LogP contribution is 2.28. The topological polar surface area (TPSA) is 30.0 Å². The molecule has 0 bridgehead atoms. The van der Waals surface area contributed by atoms with E-state index >= 15 is 0 Å². The maximum Gasteiger partial charge on any atom is 0.223 e. The third kappa shape index (κ3) is 2.46. The first-order valence-corrected chi connectivity index (χ1v) is 5.43. The van der Waals surface area contributed by atoms with Gasteiger partial charge in [0.1, 0.15) is 0 Å². The summed E-state index contributed by atoms with van der Waals surface area (Å²) in [5, 5.41) is 0.822. The monoisotopic (exact) mass is 269 g/mol. The van der Waals surface area contributed by atoms with Gasteiger partial charge in [0.15, 0.2) is 6.29 Å². The zero-order valence-corrected chi connectivity index (χ0v) is 9.97. The summed E-state index contributed by atoms with van der Waals surface area (Å²) in [6.45, 7) is 0. The molecule has 0 unspecified atom stereocenters. The van der Waals surface area contributed by atoms with Crippen LogP contribution in [0.15, 0.2) is 30.5 Å². The molecule has 0 saturated heterocycles. The van der Waals surface area contributed by atoms with Gasteiger partial charge in [-0.05, 0) is 23.8 Å². The van der Waals surface area contributed by atoms with Gasteiger partial charge in [-0.15, -0.1) is 0 Å². The van der Waals surface area contributed by atoms with Gasteiger partial charge in [0.25, 0.3) is 0 Å². The van der Waals surface area contributed by atoms with Gasteiger partial charge in [-0.2, -0.15) is 4.39 Å². The maximum atomic E-state index is 13.0. The fraction of sp³-hybridized carbons (Fsp3) is 0. The van der Waals surface area contributed by atoms with Gasteiger partial charge < -0.3 is 0 Å². The minimum atomic E-state index is -0.788. The molecule has 2 rings (SSSR count). The van der Waals surface area contributed by atoms with E-state index in [9.17, 15) is 9.18 Å². The van der Waals surface area contributed by atoms with Gasteiger partial charge in [0.05, 0.1) is 15.6 Å². The Morgan fingerprint density at radius 3 is 2.53 bits per heavy atom. The van der Waals surface area contributed by atoms with E-state index in [2.05, 4.69) is 4.98 Å². The molecule has 2 nitrogen and oxygen atoms in total. The van der Waals surface area contributed by atoms with Gasteiger partial charge in [-0.1, -0.05) is 29.3 Å². The van der Waals surface area contributed by atoms with Crippen LogP contribution in [0.1, 0.15) is 10.4 Å². The second-order valence-corrected chi connectivity index (χ2v) is 4.17. The first kappa shape index (κ1) is 12.0. The highest BCUT2D eigenvalue weighted by atomic mass is 35.5. The molecule has 86 valence electrons. The molecule has 0 atom stereocenters. The van der Waals surface area contributed by atoms with Crippen LogP contribution in [0, 0.1) is 5.95 Å². The van der Waals surface area contributed by atoms with E-state index in [-0.39, 0.29) is 5.56 Å². The molecular formula is C12H6Cl2FNO. The molecule has 0 aliphatic carbocycles. The van der Waals surface area contributed by atoms with Crippen LogP contribution in [0.2, 0.25) is 10.0 Å². The third-order valence-corrected chi connectivity index (χ3v) is 2.99. The maximum absolute atomic E-state index is 13.0. The molecule has 1 heterocycles. The molecule has 0 aliphatic rings. The number of nitrogens with zero attached hydrogens (tertiary/aromatic N) is 1. The molecule has 0 aliphatic heterocycles. The number of hydrogen-bond acceptors (Lipinski definition) is 2. The second-order valence-electron chi connectivity index (χ2n) is 3.35. The number of carbonyl (C=O) groups is 1. The summed E-state index contributed by atoms with van der Waals surface area (Å²) in [6.07, 6.45) is 1.76. The summed E-state index contributed by atoms with van der Waals surface area (Å²) < 4.78 is 13.0. The Labute approximate surface area is 107 Å². The van der Waals surface area contributed by atoms with Gasteiger partial charge in [-0.25, -0.2) is 4.98 Å². The summed E-state index contributed by atoms with van der Waals surface area (Å²) in [6, 6.07) is 6.39. The Morgan fingerprint density at radius 2 is 1.88 bits per heavy atom. The minimum absolute atomic E-state index is 0.0893. The predicted molar refractivity (Wildman–Crippen MR) is 65.0 cm³/mol. The molecule has 0 amide bonds. The fourth-order valence-electron chi connectivity index (χ4n) is 1.38. The Kier molecular flexibility index (Phi) is 3.41. The van der Waals surface area contributed by atoms with Crippen LogP contribution in [-0.4, -0.2) is 11.3 Å². The summed E-state index contributed by atoms with van der Waals surface area (Å²) >= 11 is 11.7. The van der Waals surface area contributed by atoms with Crippen molar-refractivity contribution in [1.82, 2.24) is 4.98 Å². The first-order chi connectivity index (χ1) is 8.11. The van der Waals surface area contributed by atoms with Crippen molar-refractivity contribution >= 4 is 29.5 Å². The number of benzene rings is 1. The summed E-state index contributed by atoms with van der Waals surface area (Å²) in [5.74, 6) is -0.788. The molecule has 0 radical (unpaired) electrons. The molecule has 0 fully saturated rings. The summed E-state index contributed by atoms with van der Waals surface area (Å²) in [5.41, 5.74) is 1.23. The van der Waals surface area contributed by atoms with E-state index in [0.717, 1.165) is 5.56 Å². The van der Waals surface area contributed by atoms with Crippen LogP contribution in [-0.2, 0) is 0 Å². The molecule has 0 saturated carbocycles. The van der Waals surface area contributed by atoms with Gasteiger partial charge in [0.2, 0.25) is 5.95 Å². The zero-order chi connectivity index (χ0) is 12.4. The zero-order valence-electron chi connectivity index (χ0n) is 8.45. The molecule has 2 aromatic rings. The standard InChI is InChI=1S/C12H6Cl2FNO/c13-10-2-1-7(4-11(10)14)8-3-9(6-17)12(15)16-5-8/h1-6H. The summed E-state index contributed by atoms with van der Waals surface area (Å²) in [7, 11) is 0. The lowest BCUT2D eigenvalue weighted by molar-refractivity contribution is 0.111. The van der Waals surface area contributed by atoms with E-state index < -0.39 is 5.95 Å². The van der Waals surface area contributed by atoms with Crippen molar-refractivity contribution in [1.29, 1.82) is 0 Å². The van der Waals surface area contributed by atoms with E-state index in [1.165, 1.54) is 12.3 Å². The molecular weight excluding hydrogens is 264 g/mol. The van der Waals surface area contributed by atoms with Crippen LogP contribution < -0.4 is 0 Å². The lowest BCUT2D eigenvalue weighted by Crippen LogP contribution is -1.93. The third-order valence-electron chi connectivity index (χ3n) is 2.25. The fourth-order valence-corrected chi connectivity index (χ4v) is 1.68. The highest BCUT2D eigenvalue weighted by molar-refractivity contribution is 6.42. The minimum Gasteiger partial charge on any atom is -0.298 e. The molecule has 1 aromatic heterocycles. The van der Waals surface area contributed by atoms with Crippen LogP contribution in [0.25, 0.3) is 11.1 Å². The van der Waals surface area contributed by atoms with Crippen LogP contribution in [0.3, 0.4) is 0 Å². The van der Waals surface area contributed by atoms with Crippen molar-refractivity contribution in [3.63, 3.8) is 0 Å². The van der Waals surface area contributed by atoms with Crippen LogP contribution in [0.5, 0.6) is 0 Å². The Hall–Kier alpha value is -1.45. The number of carbonyl (C=O) groups excluding carboxylic acids is 1. The predicted octanol–water partition coefficient (Wildman–Crippen LogP) is 4.01. The van der Waals surface area contributed by atoms with Crippen molar-refractivity contribution < 1.29 is 9.18 Å².